The Balaban J connectivity index is 1.91. The van der Waals surface area contributed by atoms with Crippen LogP contribution in [0.3, 0.4) is 0 Å². The monoisotopic (exact) mass is 342 g/mol. The summed E-state index contributed by atoms with van der Waals surface area (Å²) in [6, 6.07) is 12.9. The van der Waals surface area contributed by atoms with Crippen LogP contribution in [0, 0.1) is 6.92 Å². The van der Waals surface area contributed by atoms with Crippen molar-refractivity contribution < 1.29 is 19.1 Å². The van der Waals surface area contributed by atoms with Crippen LogP contribution in [0.5, 0.6) is 11.5 Å². The molecule has 0 aliphatic carbocycles. The fourth-order valence-corrected chi connectivity index (χ4v) is 2.27. The molecule has 25 heavy (non-hydrogen) atoms. The van der Waals surface area contributed by atoms with Crippen molar-refractivity contribution in [2.75, 3.05) is 19.0 Å². The molecule has 2 aromatic carbocycles. The van der Waals surface area contributed by atoms with E-state index in [2.05, 4.69) is 10.6 Å². The maximum absolute atomic E-state index is 12.0. The minimum Gasteiger partial charge on any atom is -0.495 e. The molecule has 132 valence electrons. The summed E-state index contributed by atoms with van der Waals surface area (Å²) in [6.45, 7) is 3.62. The van der Waals surface area contributed by atoms with Crippen LogP contribution in [0.2, 0.25) is 0 Å². The molecular weight excluding hydrogens is 320 g/mol. The molecule has 0 bridgehead atoms. The fraction of sp³-hybridized carbons (Fsp3) is 0.263. The number of amides is 2. The zero-order valence-electron chi connectivity index (χ0n) is 14.6. The first-order chi connectivity index (χ1) is 12.0. The number of hydrogen-bond donors (Lipinski definition) is 2. The summed E-state index contributed by atoms with van der Waals surface area (Å²) in [5.41, 5.74) is 2.39. The topological polar surface area (TPSA) is 76.7 Å². The number of carbonyl (C=O) groups excluding carboxylic acids is 2. The van der Waals surface area contributed by atoms with Gasteiger partial charge in [-0.3, -0.25) is 9.59 Å². The van der Waals surface area contributed by atoms with Crippen LogP contribution in [0.4, 0.5) is 5.69 Å². The number of nitrogens with one attached hydrogen (secondary N) is 2. The van der Waals surface area contributed by atoms with E-state index in [0.717, 1.165) is 11.1 Å². The fourth-order valence-electron chi connectivity index (χ4n) is 2.27. The Hall–Kier alpha value is -3.02. The summed E-state index contributed by atoms with van der Waals surface area (Å²) in [7, 11) is 1.53. The molecule has 0 spiro atoms. The van der Waals surface area contributed by atoms with E-state index in [0.29, 0.717) is 23.7 Å². The Kier molecular flexibility index (Phi) is 6.39. The lowest BCUT2D eigenvalue weighted by atomic mass is 10.2. The Morgan fingerprint density at radius 1 is 1.08 bits per heavy atom. The van der Waals surface area contributed by atoms with Gasteiger partial charge in [0.05, 0.1) is 12.8 Å². The number of aryl methyl sites for hydroxylation is 1. The summed E-state index contributed by atoms with van der Waals surface area (Å²) >= 11 is 0. The third kappa shape index (κ3) is 5.53. The second-order valence-electron chi connectivity index (χ2n) is 5.55. The molecule has 0 radical (unpaired) electrons. The molecule has 0 saturated carbocycles. The number of rotatable bonds is 7. The third-order valence-corrected chi connectivity index (χ3v) is 3.52. The molecule has 0 fully saturated rings. The van der Waals surface area contributed by atoms with Gasteiger partial charge >= 0.3 is 0 Å². The van der Waals surface area contributed by atoms with Gasteiger partial charge in [0, 0.05) is 13.5 Å². The summed E-state index contributed by atoms with van der Waals surface area (Å²) < 4.78 is 10.7. The van der Waals surface area contributed by atoms with Gasteiger partial charge in [-0.25, -0.2) is 0 Å². The van der Waals surface area contributed by atoms with Gasteiger partial charge in [-0.15, -0.1) is 0 Å². The molecule has 0 unspecified atom stereocenters. The highest BCUT2D eigenvalue weighted by Gasteiger charge is 2.08. The smallest absolute Gasteiger partial charge is 0.258 e. The van der Waals surface area contributed by atoms with Crippen LogP contribution >= 0.6 is 0 Å². The third-order valence-electron chi connectivity index (χ3n) is 3.52. The number of anilines is 1. The molecule has 0 aliphatic rings. The van der Waals surface area contributed by atoms with Crippen molar-refractivity contribution in [3.8, 4) is 11.5 Å². The van der Waals surface area contributed by atoms with Gasteiger partial charge < -0.3 is 20.1 Å². The van der Waals surface area contributed by atoms with E-state index in [1.807, 2.05) is 37.3 Å². The predicted molar refractivity (Wildman–Crippen MR) is 95.8 cm³/mol. The van der Waals surface area contributed by atoms with Gasteiger partial charge in [0.1, 0.15) is 11.5 Å². The minimum absolute atomic E-state index is 0.0560. The Morgan fingerprint density at radius 2 is 1.84 bits per heavy atom. The number of ether oxygens (including phenoxy) is 2. The van der Waals surface area contributed by atoms with Crippen LogP contribution in [0.15, 0.2) is 42.5 Å². The van der Waals surface area contributed by atoms with E-state index in [4.69, 9.17) is 9.47 Å². The van der Waals surface area contributed by atoms with Crippen molar-refractivity contribution >= 4 is 17.5 Å². The van der Waals surface area contributed by atoms with Crippen molar-refractivity contribution in [1.82, 2.24) is 5.32 Å². The SMILES string of the molecule is COc1ccc(CNC(=O)COc2ccccc2C)cc1NC(C)=O. The largest absolute Gasteiger partial charge is 0.495 e. The summed E-state index contributed by atoms with van der Waals surface area (Å²) in [5, 5.41) is 5.49. The molecule has 2 N–H and O–H groups in total. The van der Waals surface area contributed by atoms with Crippen molar-refractivity contribution in [1.29, 1.82) is 0 Å². The Labute approximate surface area is 147 Å². The average molecular weight is 342 g/mol. The first kappa shape index (κ1) is 18.3. The molecule has 6 heteroatoms. The van der Waals surface area contributed by atoms with Crippen molar-refractivity contribution in [2.24, 2.45) is 0 Å². The number of methoxy groups -OCH3 is 1. The van der Waals surface area contributed by atoms with E-state index in [-0.39, 0.29) is 18.4 Å². The predicted octanol–water partition coefficient (Wildman–Crippen LogP) is 2.66. The molecule has 0 aliphatic heterocycles. The van der Waals surface area contributed by atoms with E-state index in [9.17, 15) is 9.59 Å². The maximum atomic E-state index is 12.0. The highest BCUT2D eigenvalue weighted by Crippen LogP contribution is 2.25. The first-order valence-corrected chi connectivity index (χ1v) is 7.89. The second kappa shape index (κ2) is 8.73. The molecule has 2 rings (SSSR count). The molecule has 0 aromatic heterocycles. The summed E-state index contributed by atoms with van der Waals surface area (Å²) in [4.78, 5) is 23.2. The lowest BCUT2D eigenvalue weighted by Crippen LogP contribution is -2.28. The van der Waals surface area contributed by atoms with Crippen LogP contribution < -0.4 is 20.1 Å². The van der Waals surface area contributed by atoms with Crippen LogP contribution in [0.25, 0.3) is 0 Å². The van der Waals surface area contributed by atoms with Gasteiger partial charge in [-0.1, -0.05) is 24.3 Å². The zero-order chi connectivity index (χ0) is 18.2. The first-order valence-electron chi connectivity index (χ1n) is 7.89. The molecule has 0 atom stereocenters. The lowest BCUT2D eigenvalue weighted by Gasteiger charge is -2.12. The van der Waals surface area contributed by atoms with E-state index in [1.165, 1.54) is 14.0 Å². The van der Waals surface area contributed by atoms with Gasteiger partial charge in [0.25, 0.3) is 5.91 Å². The van der Waals surface area contributed by atoms with E-state index in [1.54, 1.807) is 12.1 Å². The Morgan fingerprint density at radius 3 is 2.52 bits per heavy atom. The van der Waals surface area contributed by atoms with E-state index >= 15 is 0 Å². The van der Waals surface area contributed by atoms with Crippen LogP contribution in [-0.4, -0.2) is 25.5 Å². The molecule has 0 saturated heterocycles. The number of hydrogen-bond acceptors (Lipinski definition) is 4. The summed E-state index contributed by atoms with van der Waals surface area (Å²) in [6.07, 6.45) is 0. The highest BCUT2D eigenvalue weighted by atomic mass is 16.5. The standard InChI is InChI=1S/C19H22N2O4/c1-13-6-4-5-7-17(13)25-12-19(23)20-11-15-8-9-18(24-3)16(10-15)21-14(2)22/h4-10H,11-12H2,1-3H3,(H,20,23)(H,21,22). The Bertz CT molecular complexity index is 759. The normalized spacial score (nSPS) is 10.0. The molecule has 6 nitrogen and oxygen atoms in total. The molecule has 2 aromatic rings. The van der Waals surface area contributed by atoms with Gasteiger partial charge in [0.15, 0.2) is 6.61 Å². The highest BCUT2D eigenvalue weighted by molar-refractivity contribution is 5.90. The van der Waals surface area contributed by atoms with Crippen molar-refractivity contribution in [3.05, 3.63) is 53.6 Å². The number of carbonyl (C=O) groups is 2. The van der Waals surface area contributed by atoms with Gasteiger partial charge in [-0.2, -0.15) is 0 Å². The second-order valence-corrected chi connectivity index (χ2v) is 5.55. The van der Waals surface area contributed by atoms with Gasteiger partial charge in [-0.05, 0) is 36.2 Å². The average Bonchev–Trinajstić information content (AvgIpc) is 2.59. The molecule has 2 amide bonds. The van der Waals surface area contributed by atoms with E-state index < -0.39 is 0 Å². The minimum atomic E-state index is -0.222. The quantitative estimate of drug-likeness (QED) is 0.811. The lowest BCUT2D eigenvalue weighted by molar-refractivity contribution is -0.123. The zero-order valence-corrected chi connectivity index (χ0v) is 14.6. The molecular formula is C19H22N2O4. The maximum Gasteiger partial charge on any atom is 0.258 e. The molecule has 0 heterocycles. The number of para-hydroxylation sites is 1. The van der Waals surface area contributed by atoms with Crippen LogP contribution in [0.1, 0.15) is 18.1 Å². The van der Waals surface area contributed by atoms with Gasteiger partial charge in [0.2, 0.25) is 5.91 Å². The number of benzene rings is 2. The van der Waals surface area contributed by atoms with Crippen molar-refractivity contribution in [3.63, 3.8) is 0 Å². The van der Waals surface area contributed by atoms with Crippen molar-refractivity contribution in [2.45, 2.75) is 20.4 Å². The summed E-state index contributed by atoms with van der Waals surface area (Å²) in [5.74, 6) is 0.842. The van der Waals surface area contributed by atoms with Crippen LogP contribution in [-0.2, 0) is 16.1 Å².